The molecule has 3 N–H and O–H groups in total. The van der Waals surface area contributed by atoms with Crippen LogP contribution in [0.15, 0.2) is 28.7 Å². The third-order valence-electron chi connectivity index (χ3n) is 3.86. The Hall–Kier alpha value is -0.540. The van der Waals surface area contributed by atoms with Crippen LogP contribution in [0.4, 0.5) is 5.69 Å². The first-order valence-electron chi connectivity index (χ1n) is 7.00. The molecule has 0 heterocycles. The zero-order chi connectivity index (χ0) is 12.8. The fraction of sp³-hybridized carbons (Fsp3) is 0.600. The van der Waals surface area contributed by atoms with Crippen molar-refractivity contribution in [1.82, 2.24) is 0 Å². The lowest BCUT2D eigenvalue weighted by atomic mass is 9.85. The summed E-state index contributed by atoms with van der Waals surface area (Å²) in [5.74, 6) is 0.863. The van der Waals surface area contributed by atoms with E-state index in [1.54, 1.807) is 0 Å². The molecule has 100 valence electrons. The SMILES string of the molecule is NCC(CC1CCCCC1)Nc1ccccc1Br. The highest BCUT2D eigenvalue weighted by molar-refractivity contribution is 9.10. The summed E-state index contributed by atoms with van der Waals surface area (Å²) in [5.41, 5.74) is 7.07. The van der Waals surface area contributed by atoms with Crippen LogP contribution in [-0.4, -0.2) is 12.6 Å². The van der Waals surface area contributed by atoms with Gasteiger partial charge < -0.3 is 11.1 Å². The number of rotatable bonds is 5. The van der Waals surface area contributed by atoms with E-state index in [9.17, 15) is 0 Å². The van der Waals surface area contributed by atoms with Gasteiger partial charge in [0, 0.05) is 22.7 Å². The number of hydrogen-bond acceptors (Lipinski definition) is 2. The van der Waals surface area contributed by atoms with Crippen LogP contribution in [0, 0.1) is 5.92 Å². The maximum atomic E-state index is 5.91. The largest absolute Gasteiger partial charge is 0.380 e. The fourth-order valence-corrected chi connectivity index (χ4v) is 3.24. The number of nitrogens with two attached hydrogens (primary N) is 1. The van der Waals surface area contributed by atoms with Gasteiger partial charge in [0.05, 0.1) is 0 Å². The van der Waals surface area contributed by atoms with Gasteiger partial charge in [-0.25, -0.2) is 0 Å². The fourth-order valence-electron chi connectivity index (χ4n) is 2.84. The molecule has 0 aromatic heterocycles. The molecule has 1 aliphatic carbocycles. The Labute approximate surface area is 118 Å². The Balaban J connectivity index is 1.90. The quantitative estimate of drug-likeness (QED) is 0.857. The molecule has 1 saturated carbocycles. The average Bonchev–Trinajstić information content (AvgIpc) is 2.41. The second kappa shape index (κ2) is 7.15. The van der Waals surface area contributed by atoms with E-state index in [1.807, 2.05) is 6.07 Å². The molecule has 3 heteroatoms. The first kappa shape index (κ1) is 13.9. The van der Waals surface area contributed by atoms with Crippen molar-refractivity contribution >= 4 is 21.6 Å². The summed E-state index contributed by atoms with van der Waals surface area (Å²) in [6.07, 6.45) is 8.19. The molecule has 1 aromatic rings. The standard InChI is InChI=1S/C15H23BrN2/c16-14-8-4-5-9-15(14)18-13(11-17)10-12-6-2-1-3-7-12/h4-5,8-9,12-13,18H,1-3,6-7,10-11,17H2. The zero-order valence-electron chi connectivity index (χ0n) is 10.9. The van der Waals surface area contributed by atoms with Gasteiger partial charge in [0.25, 0.3) is 0 Å². The second-order valence-electron chi connectivity index (χ2n) is 5.30. The molecule has 1 aliphatic rings. The van der Waals surface area contributed by atoms with Crippen LogP contribution in [0.25, 0.3) is 0 Å². The molecule has 1 fully saturated rings. The highest BCUT2D eigenvalue weighted by Gasteiger charge is 2.18. The smallest absolute Gasteiger partial charge is 0.0487 e. The van der Waals surface area contributed by atoms with E-state index in [2.05, 4.69) is 39.4 Å². The van der Waals surface area contributed by atoms with Crippen LogP contribution in [-0.2, 0) is 0 Å². The summed E-state index contributed by atoms with van der Waals surface area (Å²) in [6, 6.07) is 8.66. The molecular weight excluding hydrogens is 288 g/mol. The van der Waals surface area contributed by atoms with E-state index in [0.717, 1.165) is 16.1 Å². The minimum absolute atomic E-state index is 0.395. The van der Waals surface area contributed by atoms with E-state index in [0.29, 0.717) is 12.6 Å². The number of para-hydroxylation sites is 1. The van der Waals surface area contributed by atoms with Crippen molar-refractivity contribution in [2.75, 3.05) is 11.9 Å². The number of halogens is 1. The van der Waals surface area contributed by atoms with Crippen molar-refractivity contribution in [3.05, 3.63) is 28.7 Å². The Bertz CT molecular complexity index is 361. The van der Waals surface area contributed by atoms with Crippen LogP contribution in [0.1, 0.15) is 38.5 Å². The molecule has 18 heavy (non-hydrogen) atoms. The summed E-state index contributed by atoms with van der Waals surface area (Å²) in [5, 5.41) is 3.57. The third-order valence-corrected chi connectivity index (χ3v) is 4.55. The van der Waals surface area contributed by atoms with E-state index >= 15 is 0 Å². The van der Waals surface area contributed by atoms with Gasteiger partial charge in [-0.05, 0) is 40.4 Å². The Morgan fingerprint density at radius 2 is 1.94 bits per heavy atom. The molecule has 1 unspecified atom stereocenters. The maximum Gasteiger partial charge on any atom is 0.0487 e. The number of benzene rings is 1. The number of nitrogens with one attached hydrogen (secondary N) is 1. The van der Waals surface area contributed by atoms with Gasteiger partial charge >= 0.3 is 0 Å². The van der Waals surface area contributed by atoms with Gasteiger partial charge in [0.2, 0.25) is 0 Å². The lowest BCUT2D eigenvalue weighted by Crippen LogP contribution is -2.31. The minimum Gasteiger partial charge on any atom is -0.380 e. The summed E-state index contributed by atoms with van der Waals surface area (Å²) in [7, 11) is 0. The van der Waals surface area contributed by atoms with E-state index in [4.69, 9.17) is 5.73 Å². The van der Waals surface area contributed by atoms with Gasteiger partial charge in [0.1, 0.15) is 0 Å². The predicted octanol–water partition coefficient (Wildman–Crippen LogP) is 4.16. The van der Waals surface area contributed by atoms with Crippen molar-refractivity contribution in [2.24, 2.45) is 11.7 Å². The van der Waals surface area contributed by atoms with Crippen LogP contribution in [0.3, 0.4) is 0 Å². The molecule has 0 aliphatic heterocycles. The Morgan fingerprint density at radius 1 is 1.22 bits per heavy atom. The van der Waals surface area contributed by atoms with E-state index in [-0.39, 0.29) is 0 Å². The Kier molecular flexibility index (Phi) is 5.51. The highest BCUT2D eigenvalue weighted by atomic mass is 79.9. The van der Waals surface area contributed by atoms with Crippen LogP contribution < -0.4 is 11.1 Å². The molecule has 2 nitrogen and oxygen atoms in total. The molecular formula is C15H23BrN2. The van der Waals surface area contributed by atoms with Crippen molar-refractivity contribution in [3.63, 3.8) is 0 Å². The van der Waals surface area contributed by atoms with Gasteiger partial charge in [-0.15, -0.1) is 0 Å². The van der Waals surface area contributed by atoms with Crippen LogP contribution in [0.5, 0.6) is 0 Å². The topological polar surface area (TPSA) is 38.0 Å². The maximum absolute atomic E-state index is 5.91. The summed E-state index contributed by atoms with van der Waals surface area (Å²) < 4.78 is 1.12. The van der Waals surface area contributed by atoms with Crippen LogP contribution >= 0.6 is 15.9 Å². The molecule has 1 atom stereocenters. The molecule has 0 amide bonds. The summed E-state index contributed by atoms with van der Waals surface area (Å²) >= 11 is 3.58. The summed E-state index contributed by atoms with van der Waals surface area (Å²) in [6.45, 7) is 0.706. The third kappa shape index (κ3) is 3.99. The van der Waals surface area contributed by atoms with Crippen LogP contribution in [0.2, 0.25) is 0 Å². The monoisotopic (exact) mass is 310 g/mol. The average molecular weight is 311 g/mol. The first-order chi connectivity index (χ1) is 8.79. The van der Waals surface area contributed by atoms with Crippen molar-refractivity contribution in [1.29, 1.82) is 0 Å². The molecule has 0 spiro atoms. The van der Waals surface area contributed by atoms with Crippen molar-refractivity contribution < 1.29 is 0 Å². The van der Waals surface area contributed by atoms with Crippen molar-refractivity contribution in [2.45, 2.75) is 44.6 Å². The van der Waals surface area contributed by atoms with Crippen molar-refractivity contribution in [3.8, 4) is 0 Å². The molecule has 0 bridgehead atoms. The Morgan fingerprint density at radius 3 is 2.61 bits per heavy atom. The normalized spacial score (nSPS) is 18.6. The first-order valence-corrected chi connectivity index (χ1v) is 7.80. The van der Waals surface area contributed by atoms with Gasteiger partial charge in [-0.1, -0.05) is 44.2 Å². The summed E-state index contributed by atoms with van der Waals surface area (Å²) in [4.78, 5) is 0. The molecule has 0 radical (unpaired) electrons. The highest BCUT2D eigenvalue weighted by Crippen LogP contribution is 2.29. The van der Waals surface area contributed by atoms with E-state index < -0.39 is 0 Å². The predicted molar refractivity (Wildman–Crippen MR) is 81.8 cm³/mol. The molecule has 1 aromatic carbocycles. The van der Waals surface area contributed by atoms with Gasteiger partial charge in [-0.2, -0.15) is 0 Å². The number of hydrogen-bond donors (Lipinski definition) is 2. The lowest BCUT2D eigenvalue weighted by molar-refractivity contribution is 0.324. The lowest BCUT2D eigenvalue weighted by Gasteiger charge is -2.27. The number of anilines is 1. The second-order valence-corrected chi connectivity index (χ2v) is 6.15. The molecule has 2 rings (SSSR count). The zero-order valence-corrected chi connectivity index (χ0v) is 12.5. The minimum atomic E-state index is 0.395. The van der Waals surface area contributed by atoms with Gasteiger partial charge in [0.15, 0.2) is 0 Å². The van der Waals surface area contributed by atoms with Gasteiger partial charge in [-0.3, -0.25) is 0 Å². The van der Waals surface area contributed by atoms with E-state index in [1.165, 1.54) is 38.5 Å². The molecule has 0 saturated heterocycles.